The predicted octanol–water partition coefficient (Wildman–Crippen LogP) is 3.58. The Hall–Kier alpha value is -3.35. The van der Waals surface area contributed by atoms with Gasteiger partial charge >= 0.3 is 0 Å². The molecule has 3 aromatic rings. The van der Waals surface area contributed by atoms with E-state index in [0.717, 1.165) is 22.5 Å². The van der Waals surface area contributed by atoms with Gasteiger partial charge in [0.25, 0.3) is 0 Å². The number of aromatic nitrogens is 2. The summed E-state index contributed by atoms with van der Waals surface area (Å²) >= 11 is 0. The van der Waals surface area contributed by atoms with E-state index in [2.05, 4.69) is 15.3 Å². The number of nitrogens with one attached hydrogen (secondary N) is 2. The van der Waals surface area contributed by atoms with Gasteiger partial charge in [-0.25, -0.2) is 4.98 Å². The number of amides is 2. The summed E-state index contributed by atoms with van der Waals surface area (Å²) in [5.41, 5.74) is 2.57. The number of H-pyrrole nitrogens is 1. The number of ether oxygens (including phenoxy) is 1. The van der Waals surface area contributed by atoms with Gasteiger partial charge < -0.3 is 19.9 Å². The minimum absolute atomic E-state index is 0.0780. The van der Waals surface area contributed by atoms with Gasteiger partial charge in [-0.05, 0) is 30.2 Å². The first-order valence-electron chi connectivity index (χ1n) is 10.3. The van der Waals surface area contributed by atoms with Crippen molar-refractivity contribution >= 4 is 28.5 Å². The van der Waals surface area contributed by atoms with Crippen molar-refractivity contribution in [1.82, 2.24) is 15.3 Å². The Morgan fingerprint density at radius 3 is 2.70 bits per heavy atom. The molecule has 0 radical (unpaired) electrons. The van der Waals surface area contributed by atoms with Gasteiger partial charge in [0, 0.05) is 12.8 Å². The van der Waals surface area contributed by atoms with E-state index in [0.29, 0.717) is 18.9 Å². The van der Waals surface area contributed by atoms with Crippen LogP contribution < -0.4 is 15.0 Å². The first kappa shape index (κ1) is 19.9. The van der Waals surface area contributed by atoms with Gasteiger partial charge in [0.2, 0.25) is 11.8 Å². The normalized spacial score (nSPS) is 14.3. The van der Waals surface area contributed by atoms with Gasteiger partial charge in [0.15, 0.2) is 0 Å². The van der Waals surface area contributed by atoms with E-state index >= 15 is 0 Å². The molecule has 4 rings (SSSR count). The topological polar surface area (TPSA) is 87.3 Å². The minimum Gasteiger partial charge on any atom is -0.490 e. The fourth-order valence-electron chi connectivity index (χ4n) is 3.70. The molecule has 0 bridgehead atoms. The lowest BCUT2D eigenvalue weighted by Gasteiger charge is -2.29. The highest BCUT2D eigenvalue weighted by molar-refractivity contribution is 5.97. The number of hydrogen-bond acceptors (Lipinski definition) is 4. The number of rotatable bonds is 6. The zero-order valence-corrected chi connectivity index (χ0v) is 17.2. The Bertz CT molecular complexity index is 1030. The number of carbonyl (C=O) groups is 2. The van der Waals surface area contributed by atoms with Crippen molar-refractivity contribution in [3.05, 3.63) is 54.4 Å². The molecule has 1 atom stereocenters. The lowest BCUT2D eigenvalue weighted by molar-refractivity contribution is -0.126. The first-order chi connectivity index (χ1) is 14.5. The highest BCUT2D eigenvalue weighted by Crippen LogP contribution is 2.31. The Kier molecular flexibility index (Phi) is 5.70. The van der Waals surface area contributed by atoms with E-state index in [1.807, 2.05) is 62.4 Å². The molecule has 7 heteroatoms. The Morgan fingerprint density at radius 1 is 1.13 bits per heavy atom. The summed E-state index contributed by atoms with van der Waals surface area (Å²) in [5, 5.41) is 3.04. The van der Waals surface area contributed by atoms with Crippen LogP contribution in [0.4, 0.5) is 5.69 Å². The third-order valence-corrected chi connectivity index (χ3v) is 5.28. The summed E-state index contributed by atoms with van der Waals surface area (Å²) in [4.78, 5) is 35.0. The predicted molar refractivity (Wildman–Crippen MR) is 115 cm³/mol. The number of hydrogen-bond donors (Lipinski definition) is 2. The maximum Gasteiger partial charge on any atom is 0.227 e. The molecule has 2 heterocycles. The quantitative estimate of drug-likeness (QED) is 0.655. The van der Waals surface area contributed by atoms with Gasteiger partial charge in [-0.15, -0.1) is 0 Å². The van der Waals surface area contributed by atoms with E-state index in [1.54, 1.807) is 4.90 Å². The zero-order chi connectivity index (χ0) is 21.1. The molecule has 2 aromatic carbocycles. The molecule has 0 aliphatic carbocycles. The van der Waals surface area contributed by atoms with E-state index in [4.69, 9.17) is 4.74 Å². The van der Waals surface area contributed by atoms with Gasteiger partial charge in [-0.2, -0.15) is 0 Å². The van der Waals surface area contributed by atoms with Crippen LogP contribution in [0.25, 0.3) is 11.0 Å². The van der Waals surface area contributed by atoms with Crippen LogP contribution in [0.5, 0.6) is 5.75 Å². The molecule has 1 aliphatic rings. The van der Waals surface area contributed by atoms with Crippen molar-refractivity contribution in [3.8, 4) is 5.75 Å². The molecule has 2 N–H and O–H groups in total. The van der Waals surface area contributed by atoms with Crippen molar-refractivity contribution in [3.63, 3.8) is 0 Å². The van der Waals surface area contributed by atoms with Crippen molar-refractivity contribution in [2.45, 2.75) is 32.7 Å². The molecule has 0 spiro atoms. The number of aromatic amines is 1. The largest absolute Gasteiger partial charge is 0.490 e. The van der Waals surface area contributed by atoms with Crippen LogP contribution in [0.2, 0.25) is 0 Å². The summed E-state index contributed by atoms with van der Waals surface area (Å²) in [5.74, 6) is 1.34. The smallest absolute Gasteiger partial charge is 0.227 e. The molecule has 1 aromatic heterocycles. The third kappa shape index (κ3) is 4.15. The molecule has 156 valence electrons. The fraction of sp³-hybridized carbons (Fsp3) is 0.348. The number of imidazole rings is 1. The first-order valence-corrected chi connectivity index (χ1v) is 10.3. The summed E-state index contributed by atoms with van der Waals surface area (Å²) in [6, 6.07) is 15.0. The van der Waals surface area contributed by atoms with Gasteiger partial charge in [0.1, 0.15) is 18.2 Å². The average Bonchev–Trinajstić information content (AvgIpc) is 3.19. The highest BCUT2D eigenvalue weighted by Gasteiger charge is 2.25. The Balaban J connectivity index is 1.39. The summed E-state index contributed by atoms with van der Waals surface area (Å²) in [6.07, 6.45) is 0.271. The SMILES string of the molecule is CC(C)C(NC(=O)CCC(=O)N1CCOc2ccccc21)c1nc2ccccc2[nH]1. The number of carbonyl (C=O) groups excluding carboxylic acids is 2. The maximum absolute atomic E-state index is 12.7. The molecule has 1 aliphatic heterocycles. The number of anilines is 1. The van der Waals surface area contributed by atoms with E-state index in [-0.39, 0.29) is 36.6 Å². The van der Waals surface area contributed by atoms with Crippen LogP contribution >= 0.6 is 0 Å². The molecular formula is C23H26N4O3. The molecule has 0 saturated heterocycles. The second-order valence-corrected chi connectivity index (χ2v) is 7.79. The van der Waals surface area contributed by atoms with Crippen LogP contribution in [0.1, 0.15) is 38.6 Å². The minimum atomic E-state index is -0.246. The number of nitrogens with zero attached hydrogens (tertiary/aromatic N) is 2. The van der Waals surface area contributed by atoms with E-state index in [9.17, 15) is 9.59 Å². The van der Waals surface area contributed by atoms with Crippen LogP contribution in [-0.2, 0) is 9.59 Å². The number of para-hydroxylation sites is 4. The van der Waals surface area contributed by atoms with Crippen molar-refractivity contribution in [2.75, 3.05) is 18.1 Å². The molecule has 0 saturated carbocycles. The molecule has 30 heavy (non-hydrogen) atoms. The van der Waals surface area contributed by atoms with E-state index in [1.165, 1.54) is 0 Å². The van der Waals surface area contributed by atoms with Gasteiger partial charge in [-0.1, -0.05) is 38.1 Å². The average molecular weight is 406 g/mol. The van der Waals surface area contributed by atoms with Crippen molar-refractivity contribution in [2.24, 2.45) is 5.92 Å². The molecule has 1 unspecified atom stereocenters. The van der Waals surface area contributed by atoms with E-state index < -0.39 is 0 Å². The number of fused-ring (bicyclic) bond motifs is 2. The summed E-state index contributed by atoms with van der Waals surface area (Å²) < 4.78 is 5.60. The van der Waals surface area contributed by atoms with Crippen molar-refractivity contribution in [1.29, 1.82) is 0 Å². The fourth-order valence-corrected chi connectivity index (χ4v) is 3.70. The second-order valence-electron chi connectivity index (χ2n) is 7.79. The standard InChI is InChI=1S/C23H26N4O3/c1-15(2)22(23-24-16-7-3-4-8-17(16)25-23)26-20(28)11-12-21(29)27-13-14-30-19-10-6-5-9-18(19)27/h3-10,15,22H,11-14H2,1-2H3,(H,24,25)(H,26,28). The van der Waals surface area contributed by atoms with Gasteiger partial charge in [-0.3, -0.25) is 9.59 Å². The molecular weight excluding hydrogens is 380 g/mol. The lowest BCUT2D eigenvalue weighted by Crippen LogP contribution is -2.39. The Labute approximate surface area is 175 Å². The monoisotopic (exact) mass is 406 g/mol. The van der Waals surface area contributed by atoms with Crippen LogP contribution in [0.3, 0.4) is 0 Å². The zero-order valence-electron chi connectivity index (χ0n) is 17.2. The maximum atomic E-state index is 12.7. The molecule has 0 fully saturated rings. The highest BCUT2D eigenvalue weighted by atomic mass is 16.5. The van der Waals surface area contributed by atoms with Crippen LogP contribution in [0, 0.1) is 5.92 Å². The summed E-state index contributed by atoms with van der Waals surface area (Å²) in [6.45, 7) is 5.02. The van der Waals surface area contributed by atoms with Gasteiger partial charge in [0.05, 0.1) is 29.3 Å². The summed E-state index contributed by atoms with van der Waals surface area (Å²) in [7, 11) is 0. The van der Waals surface area contributed by atoms with Crippen LogP contribution in [-0.4, -0.2) is 34.9 Å². The van der Waals surface area contributed by atoms with Crippen molar-refractivity contribution < 1.29 is 14.3 Å². The second kappa shape index (κ2) is 8.57. The molecule has 2 amide bonds. The molecule has 7 nitrogen and oxygen atoms in total. The Morgan fingerprint density at radius 2 is 1.90 bits per heavy atom. The lowest BCUT2D eigenvalue weighted by atomic mass is 10.0. The van der Waals surface area contributed by atoms with Crippen LogP contribution in [0.15, 0.2) is 48.5 Å². The number of benzene rings is 2. The third-order valence-electron chi connectivity index (χ3n) is 5.28.